The number of aromatic nitrogens is 3. The SMILES string of the molecule is Cc1nc2cc(-c3cccs3)nn2c(N2CCN(c3ccccc3F)CC2)c1C. The third-order valence-electron chi connectivity index (χ3n) is 5.60. The van der Waals surface area contributed by atoms with Crippen LogP contribution in [0.25, 0.3) is 16.2 Å². The van der Waals surface area contributed by atoms with Crippen molar-refractivity contribution in [2.75, 3.05) is 36.0 Å². The Balaban J connectivity index is 1.49. The second kappa shape index (κ2) is 7.15. The first-order valence-electron chi connectivity index (χ1n) is 9.77. The van der Waals surface area contributed by atoms with E-state index >= 15 is 0 Å². The molecule has 1 aromatic carbocycles. The van der Waals surface area contributed by atoms with E-state index in [1.165, 1.54) is 6.07 Å². The highest BCUT2D eigenvalue weighted by Gasteiger charge is 2.24. The van der Waals surface area contributed by atoms with Crippen molar-refractivity contribution in [3.05, 3.63) is 64.9 Å². The van der Waals surface area contributed by atoms with Gasteiger partial charge in [-0.15, -0.1) is 11.3 Å². The standard InChI is InChI=1S/C22H22FN5S/c1-15-16(2)24-21-14-18(20-8-5-13-29-20)25-28(21)22(15)27-11-9-26(10-12-27)19-7-4-3-6-17(19)23/h3-8,13-14H,9-12H2,1-2H3. The molecule has 0 unspecified atom stereocenters. The van der Waals surface area contributed by atoms with Crippen molar-refractivity contribution in [1.29, 1.82) is 0 Å². The molecule has 0 spiro atoms. The van der Waals surface area contributed by atoms with Crippen LogP contribution in [0.15, 0.2) is 47.8 Å². The van der Waals surface area contributed by atoms with Gasteiger partial charge in [0.05, 0.1) is 10.6 Å². The van der Waals surface area contributed by atoms with E-state index in [4.69, 9.17) is 10.1 Å². The number of thiophene rings is 1. The first-order valence-corrected chi connectivity index (χ1v) is 10.6. The lowest BCUT2D eigenvalue weighted by atomic mass is 10.2. The van der Waals surface area contributed by atoms with Crippen LogP contribution in [0, 0.1) is 19.7 Å². The molecule has 1 aliphatic rings. The van der Waals surface area contributed by atoms with Gasteiger partial charge in [0.25, 0.3) is 0 Å². The fraction of sp³-hybridized carbons (Fsp3) is 0.273. The lowest BCUT2D eigenvalue weighted by Crippen LogP contribution is -2.47. The van der Waals surface area contributed by atoms with Crippen LogP contribution in [0.4, 0.5) is 15.9 Å². The highest BCUT2D eigenvalue weighted by atomic mass is 32.1. The predicted molar refractivity (Wildman–Crippen MR) is 117 cm³/mol. The second-order valence-electron chi connectivity index (χ2n) is 7.35. The summed E-state index contributed by atoms with van der Waals surface area (Å²) in [6, 6.07) is 13.2. The first-order chi connectivity index (χ1) is 14.1. The minimum atomic E-state index is -0.160. The molecular formula is C22H22FN5S. The highest BCUT2D eigenvalue weighted by Crippen LogP contribution is 2.30. The van der Waals surface area contributed by atoms with Crippen molar-refractivity contribution in [3.63, 3.8) is 0 Å². The van der Waals surface area contributed by atoms with Gasteiger partial charge in [0.15, 0.2) is 5.65 Å². The predicted octanol–water partition coefficient (Wildman–Crippen LogP) is 4.54. The zero-order valence-corrected chi connectivity index (χ0v) is 17.3. The molecule has 0 bridgehead atoms. The van der Waals surface area contributed by atoms with Gasteiger partial charge in [-0.1, -0.05) is 18.2 Å². The Kier molecular flexibility index (Phi) is 4.47. The van der Waals surface area contributed by atoms with Crippen LogP contribution in [0.2, 0.25) is 0 Å². The van der Waals surface area contributed by atoms with Gasteiger partial charge in [0.1, 0.15) is 17.3 Å². The maximum Gasteiger partial charge on any atom is 0.158 e. The molecule has 0 radical (unpaired) electrons. The topological polar surface area (TPSA) is 36.7 Å². The molecule has 7 heteroatoms. The molecule has 0 atom stereocenters. The molecule has 0 N–H and O–H groups in total. The molecule has 4 aromatic rings. The van der Waals surface area contributed by atoms with E-state index in [0.717, 1.165) is 59.5 Å². The molecular weight excluding hydrogens is 385 g/mol. The normalized spacial score (nSPS) is 14.7. The Morgan fingerprint density at radius 3 is 2.45 bits per heavy atom. The van der Waals surface area contributed by atoms with Crippen molar-refractivity contribution in [3.8, 4) is 10.6 Å². The summed E-state index contributed by atoms with van der Waals surface area (Å²) in [5.74, 6) is 0.926. The number of nitrogens with zero attached hydrogens (tertiary/aromatic N) is 5. The lowest BCUT2D eigenvalue weighted by molar-refractivity contribution is 0.593. The fourth-order valence-corrected chi connectivity index (χ4v) is 4.65. The van der Waals surface area contributed by atoms with E-state index in [1.54, 1.807) is 17.4 Å². The number of para-hydroxylation sites is 1. The van der Waals surface area contributed by atoms with Gasteiger partial charge in [-0.05, 0) is 37.4 Å². The minimum absolute atomic E-state index is 0.160. The largest absolute Gasteiger partial charge is 0.366 e. The zero-order chi connectivity index (χ0) is 20.0. The second-order valence-corrected chi connectivity index (χ2v) is 8.30. The smallest absolute Gasteiger partial charge is 0.158 e. The molecule has 1 saturated heterocycles. The molecule has 3 aromatic heterocycles. The van der Waals surface area contributed by atoms with Gasteiger partial charge in [0.2, 0.25) is 0 Å². The number of piperazine rings is 1. The van der Waals surface area contributed by atoms with Gasteiger partial charge in [-0.3, -0.25) is 0 Å². The Labute approximate surface area is 173 Å². The molecule has 0 aliphatic carbocycles. The molecule has 4 heterocycles. The summed E-state index contributed by atoms with van der Waals surface area (Å²) in [7, 11) is 0. The number of benzene rings is 1. The quantitative estimate of drug-likeness (QED) is 0.500. The van der Waals surface area contributed by atoms with Crippen LogP contribution >= 0.6 is 11.3 Å². The van der Waals surface area contributed by atoms with Crippen LogP contribution in [0.1, 0.15) is 11.3 Å². The number of hydrogen-bond acceptors (Lipinski definition) is 5. The Hall–Kier alpha value is -2.93. The highest BCUT2D eigenvalue weighted by molar-refractivity contribution is 7.13. The van der Waals surface area contributed by atoms with E-state index in [9.17, 15) is 4.39 Å². The van der Waals surface area contributed by atoms with E-state index in [2.05, 4.69) is 34.2 Å². The van der Waals surface area contributed by atoms with Gasteiger partial charge in [-0.2, -0.15) is 9.61 Å². The molecule has 0 saturated carbocycles. The van der Waals surface area contributed by atoms with Gasteiger partial charge >= 0.3 is 0 Å². The van der Waals surface area contributed by atoms with Gasteiger partial charge in [-0.25, -0.2) is 9.37 Å². The monoisotopic (exact) mass is 407 g/mol. The molecule has 0 amide bonds. The van der Waals surface area contributed by atoms with Crippen LogP contribution < -0.4 is 9.80 Å². The summed E-state index contributed by atoms with van der Waals surface area (Å²) in [5, 5.41) is 6.93. The zero-order valence-electron chi connectivity index (χ0n) is 16.5. The summed E-state index contributed by atoms with van der Waals surface area (Å²) < 4.78 is 16.1. The lowest BCUT2D eigenvalue weighted by Gasteiger charge is -2.38. The maximum absolute atomic E-state index is 14.2. The van der Waals surface area contributed by atoms with Gasteiger partial charge < -0.3 is 9.80 Å². The van der Waals surface area contributed by atoms with Crippen molar-refractivity contribution < 1.29 is 4.39 Å². The third kappa shape index (κ3) is 3.15. The number of anilines is 2. The minimum Gasteiger partial charge on any atom is -0.366 e. The Morgan fingerprint density at radius 1 is 0.966 bits per heavy atom. The van der Waals surface area contributed by atoms with Crippen molar-refractivity contribution in [1.82, 2.24) is 14.6 Å². The summed E-state index contributed by atoms with van der Waals surface area (Å²) in [6.07, 6.45) is 0. The Bertz CT molecular complexity index is 1160. The average molecular weight is 408 g/mol. The molecule has 5 nitrogen and oxygen atoms in total. The Morgan fingerprint density at radius 2 is 1.72 bits per heavy atom. The molecule has 1 fully saturated rings. The maximum atomic E-state index is 14.2. The van der Waals surface area contributed by atoms with Crippen molar-refractivity contribution in [2.45, 2.75) is 13.8 Å². The number of hydrogen-bond donors (Lipinski definition) is 0. The molecule has 29 heavy (non-hydrogen) atoms. The van der Waals surface area contributed by atoms with E-state index in [0.29, 0.717) is 5.69 Å². The van der Waals surface area contributed by atoms with Crippen LogP contribution in [0.3, 0.4) is 0 Å². The number of aryl methyl sites for hydroxylation is 1. The van der Waals surface area contributed by atoms with Crippen molar-refractivity contribution >= 4 is 28.5 Å². The summed E-state index contributed by atoms with van der Waals surface area (Å²) in [4.78, 5) is 10.4. The third-order valence-corrected chi connectivity index (χ3v) is 6.49. The van der Waals surface area contributed by atoms with E-state index in [1.807, 2.05) is 29.6 Å². The molecule has 1 aliphatic heterocycles. The summed E-state index contributed by atoms with van der Waals surface area (Å²) in [6.45, 7) is 7.30. The summed E-state index contributed by atoms with van der Waals surface area (Å²) in [5.41, 5.74) is 4.64. The first kappa shape index (κ1) is 18.1. The molecule has 148 valence electrons. The van der Waals surface area contributed by atoms with E-state index < -0.39 is 0 Å². The number of fused-ring (bicyclic) bond motifs is 1. The number of rotatable bonds is 3. The van der Waals surface area contributed by atoms with Gasteiger partial charge in [0, 0.05) is 43.5 Å². The fourth-order valence-electron chi connectivity index (χ4n) is 3.97. The summed E-state index contributed by atoms with van der Waals surface area (Å²) >= 11 is 1.68. The number of halogens is 1. The van der Waals surface area contributed by atoms with Crippen LogP contribution in [0.5, 0.6) is 0 Å². The van der Waals surface area contributed by atoms with Crippen molar-refractivity contribution in [2.24, 2.45) is 0 Å². The van der Waals surface area contributed by atoms with E-state index in [-0.39, 0.29) is 5.82 Å². The van der Waals surface area contributed by atoms with Crippen LogP contribution in [-0.4, -0.2) is 40.8 Å². The average Bonchev–Trinajstić information content (AvgIpc) is 3.39. The molecule has 5 rings (SSSR count). The van der Waals surface area contributed by atoms with Crippen LogP contribution in [-0.2, 0) is 0 Å².